The number of urea groups is 1. The number of ether oxygens (including phenoxy) is 1. The van der Waals surface area contributed by atoms with E-state index in [2.05, 4.69) is 27.4 Å². The molecule has 1 fully saturated rings. The van der Waals surface area contributed by atoms with E-state index in [9.17, 15) is 4.79 Å². The lowest BCUT2D eigenvalue weighted by atomic mass is 10.1. The number of nitrogens with one attached hydrogen (secondary N) is 1. The number of amides is 2. The number of nitrogens with zero attached hydrogens (tertiary/aromatic N) is 4. The maximum Gasteiger partial charge on any atom is 0.317 e. The SMILES string of the molecule is N#Cc1nccnc1OC1CCN(C(=O)NCCCc2ccccc2)C1. The number of carbonyl (C=O) groups excluding carboxylic acids is 1. The number of aryl methyl sites for hydroxylation is 1. The molecule has 0 bridgehead atoms. The average molecular weight is 351 g/mol. The van der Waals surface area contributed by atoms with Gasteiger partial charge in [-0.1, -0.05) is 30.3 Å². The summed E-state index contributed by atoms with van der Waals surface area (Å²) in [6.45, 7) is 1.74. The molecule has 0 radical (unpaired) electrons. The summed E-state index contributed by atoms with van der Waals surface area (Å²) in [5.41, 5.74) is 1.44. The van der Waals surface area contributed by atoms with Crippen molar-refractivity contribution in [2.24, 2.45) is 0 Å². The minimum Gasteiger partial charge on any atom is -0.470 e. The van der Waals surface area contributed by atoms with Crippen LogP contribution in [0.5, 0.6) is 5.88 Å². The second-order valence-electron chi connectivity index (χ2n) is 6.12. The van der Waals surface area contributed by atoms with Gasteiger partial charge >= 0.3 is 6.03 Å². The van der Waals surface area contributed by atoms with Gasteiger partial charge in [0, 0.05) is 31.9 Å². The predicted molar refractivity (Wildman–Crippen MR) is 95.5 cm³/mol. The first-order valence-corrected chi connectivity index (χ1v) is 8.70. The molecule has 1 aliphatic heterocycles. The number of hydrogen-bond donors (Lipinski definition) is 1. The molecule has 134 valence electrons. The molecule has 2 heterocycles. The van der Waals surface area contributed by atoms with Gasteiger partial charge < -0.3 is 15.0 Å². The van der Waals surface area contributed by atoms with Crippen molar-refractivity contribution in [3.8, 4) is 11.9 Å². The highest BCUT2D eigenvalue weighted by molar-refractivity contribution is 5.74. The average Bonchev–Trinajstić information content (AvgIpc) is 3.15. The van der Waals surface area contributed by atoms with Crippen molar-refractivity contribution < 1.29 is 9.53 Å². The van der Waals surface area contributed by atoms with Gasteiger partial charge in [0.1, 0.15) is 12.2 Å². The van der Waals surface area contributed by atoms with E-state index in [0.29, 0.717) is 26.1 Å². The van der Waals surface area contributed by atoms with E-state index in [1.807, 2.05) is 24.3 Å². The molecule has 1 atom stereocenters. The standard InChI is InChI=1S/C19H21N5O2/c20-13-17-18(22-11-10-21-17)26-16-8-12-24(14-16)19(25)23-9-4-7-15-5-2-1-3-6-15/h1-3,5-6,10-11,16H,4,7-9,12,14H2,(H,23,25). The second kappa shape index (κ2) is 8.81. The van der Waals surface area contributed by atoms with Gasteiger partial charge in [-0.2, -0.15) is 5.26 Å². The number of rotatable bonds is 6. The smallest absolute Gasteiger partial charge is 0.317 e. The molecule has 1 unspecified atom stereocenters. The van der Waals surface area contributed by atoms with Crippen molar-refractivity contribution in [1.82, 2.24) is 20.2 Å². The Labute approximate surface area is 152 Å². The Morgan fingerprint density at radius 2 is 2.12 bits per heavy atom. The molecular formula is C19H21N5O2. The van der Waals surface area contributed by atoms with Gasteiger partial charge in [0.05, 0.1) is 6.54 Å². The van der Waals surface area contributed by atoms with Crippen molar-refractivity contribution >= 4 is 6.03 Å². The third kappa shape index (κ3) is 4.70. The van der Waals surface area contributed by atoms with Gasteiger partial charge in [0.15, 0.2) is 0 Å². The van der Waals surface area contributed by atoms with Gasteiger partial charge in [-0.3, -0.25) is 0 Å². The molecule has 2 amide bonds. The van der Waals surface area contributed by atoms with Gasteiger partial charge in [-0.05, 0) is 18.4 Å². The zero-order valence-electron chi connectivity index (χ0n) is 14.5. The maximum absolute atomic E-state index is 12.3. The summed E-state index contributed by atoms with van der Waals surface area (Å²) in [4.78, 5) is 22.0. The fourth-order valence-corrected chi connectivity index (χ4v) is 2.90. The molecule has 1 aliphatic rings. The molecule has 7 heteroatoms. The van der Waals surface area contributed by atoms with Crippen LogP contribution in [0, 0.1) is 11.3 Å². The van der Waals surface area contributed by atoms with E-state index in [1.54, 1.807) is 4.90 Å². The number of aromatic nitrogens is 2. The topological polar surface area (TPSA) is 91.1 Å². The van der Waals surface area contributed by atoms with Crippen LogP contribution in [-0.4, -0.2) is 46.6 Å². The lowest BCUT2D eigenvalue weighted by molar-refractivity contribution is 0.182. The van der Waals surface area contributed by atoms with Gasteiger partial charge in [0.25, 0.3) is 5.88 Å². The quantitative estimate of drug-likeness (QED) is 0.805. The molecule has 2 aromatic rings. The molecule has 1 aromatic carbocycles. The minimum absolute atomic E-state index is 0.0798. The van der Waals surface area contributed by atoms with E-state index in [4.69, 9.17) is 10.00 Å². The van der Waals surface area contributed by atoms with Crippen LogP contribution < -0.4 is 10.1 Å². The van der Waals surface area contributed by atoms with Crippen molar-refractivity contribution in [2.45, 2.75) is 25.4 Å². The monoisotopic (exact) mass is 351 g/mol. The summed E-state index contributed by atoms with van der Waals surface area (Å²) in [6.07, 6.45) is 5.32. The van der Waals surface area contributed by atoms with Crippen LogP contribution in [0.2, 0.25) is 0 Å². The molecule has 26 heavy (non-hydrogen) atoms. The Bertz CT molecular complexity index is 775. The third-order valence-corrected chi connectivity index (χ3v) is 4.24. The summed E-state index contributed by atoms with van der Waals surface area (Å²) >= 11 is 0. The van der Waals surface area contributed by atoms with Crippen LogP contribution in [0.25, 0.3) is 0 Å². The zero-order chi connectivity index (χ0) is 18.2. The number of benzene rings is 1. The van der Waals surface area contributed by atoms with E-state index in [1.165, 1.54) is 18.0 Å². The lowest BCUT2D eigenvalue weighted by Crippen LogP contribution is -2.39. The van der Waals surface area contributed by atoms with E-state index >= 15 is 0 Å². The Kier molecular flexibility index (Phi) is 5.99. The molecule has 1 N–H and O–H groups in total. The van der Waals surface area contributed by atoms with Crippen molar-refractivity contribution in [2.75, 3.05) is 19.6 Å². The highest BCUT2D eigenvalue weighted by atomic mass is 16.5. The van der Waals surface area contributed by atoms with E-state index in [-0.39, 0.29) is 23.7 Å². The Morgan fingerprint density at radius 1 is 1.31 bits per heavy atom. The van der Waals surface area contributed by atoms with Crippen LogP contribution in [-0.2, 0) is 6.42 Å². The fraction of sp³-hybridized carbons (Fsp3) is 0.368. The molecule has 0 saturated carbocycles. The third-order valence-electron chi connectivity index (χ3n) is 4.24. The highest BCUT2D eigenvalue weighted by Crippen LogP contribution is 2.18. The summed E-state index contributed by atoms with van der Waals surface area (Å²) in [6, 6.07) is 12.1. The van der Waals surface area contributed by atoms with Crippen molar-refractivity contribution in [3.63, 3.8) is 0 Å². The molecular weight excluding hydrogens is 330 g/mol. The maximum atomic E-state index is 12.3. The number of carbonyl (C=O) groups is 1. The second-order valence-corrected chi connectivity index (χ2v) is 6.12. The summed E-state index contributed by atoms with van der Waals surface area (Å²) < 4.78 is 5.74. The summed E-state index contributed by atoms with van der Waals surface area (Å²) in [5, 5.41) is 12.0. The van der Waals surface area contributed by atoms with Crippen LogP contribution in [0.15, 0.2) is 42.7 Å². The predicted octanol–water partition coefficient (Wildman–Crippen LogP) is 2.14. The van der Waals surface area contributed by atoms with Gasteiger partial charge in [0.2, 0.25) is 5.69 Å². The number of hydrogen-bond acceptors (Lipinski definition) is 5. The van der Waals surface area contributed by atoms with Gasteiger partial charge in [-0.25, -0.2) is 14.8 Å². The van der Waals surface area contributed by atoms with Crippen molar-refractivity contribution in [3.05, 3.63) is 54.0 Å². The first kappa shape index (κ1) is 17.7. The molecule has 1 aromatic heterocycles. The number of nitriles is 1. The van der Waals surface area contributed by atoms with Crippen molar-refractivity contribution in [1.29, 1.82) is 5.26 Å². The molecule has 0 aliphatic carbocycles. The van der Waals surface area contributed by atoms with Gasteiger partial charge in [-0.15, -0.1) is 0 Å². The Hall–Kier alpha value is -3.14. The first-order chi connectivity index (χ1) is 12.8. The van der Waals surface area contributed by atoms with Crippen LogP contribution in [0.3, 0.4) is 0 Å². The molecule has 7 nitrogen and oxygen atoms in total. The summed E-state index contributed by atoms with van der Waals surface area (Å²) in [5.74, 6) is 0.227. The Balaban J connectivity index is 1.40. The number of likely N-dealkylation sites (tertiary alicyclic amines) is 1. The molecule has 3 rings (SSSR count). The molecule has 0 spiro atoms. The first-order valence-electron chi connectivity index (χ1n) is 8.70. The largest absolute Gasteiger partial charge is 0.470 e. The van der Waals surface area contributed by atoms with E-state index in [0.717, 1.165) is 12.8 Å². The normalized spacial score (nSPS) is 16.1. The lowest BCUT2D eigenvalue weighted by Gasteiger charge is -2.17. The van der Waals surface area contributed by atoms with Crippen LogP contribution >= 0.6 is 0 Å². The van der Waals surface area contributed by atoms with Crippen LogP contribution in [0.1, 0.15) is 24.1 Å². The minimum atomic E-state index is -0.172. The summed E-state index contributed by atoms with van der Waals surface area (Å²) in [7, 11) is 0. The molecule has 1 saturated heterocycles. The van der Waals surface area contributed by atoms with E-state index < -0.39 is 0 Å². The van der Waals surface area contributed by atoms with Crippen LogP contribution in [0.4, 0.5) is 4.79 Å². The zero-order valence-corrected chi connectivity index (χ0v) is 14.5. The Morgan fingerprint density at radius 3 is 2.92 bits per heavy atom. The highest BCUT2D eigenvalue weighted by Gasteiger charge is 2.28. The fourth-order valence-electron chi connectivity index (χ4n) is 2.90.